The Morgan fingerprint density at radius 3 is 3.25 bits per heavy atom. The maximum atomic E-state index is 8.80. The topological polar surface area (TPSA) is 42.4 Å². The van der Waals surface area contributed by atoms with Gasteiger partial charge in [0.25, 0.3) is 0 Å². The molecular weight excluding hydrogens is 174 g/mol. The van der Waals surface area contributed by atoms with Crippen molar-refractivity contribution in [3.63, 3.8) is 0 Å². The Morgan fingerprint density at radius 1 is 1.75 bits per heavy atom. The molecular formula is C8H11NO2S. The highest BCUT2D eigenvalue weighted by Crippen LogP contribution is 2.28. The molecule has 0 spiro atoms. The van der Waals surface area contributed by atoms with Crippen LogP contribution in [0.4, 0.5) is 0 Å². The largest absolute Gasteiger partial charge is 0.389 e. The van der Waals surface area contributed by atoms with Gasteiger partial charge in [0.1, 0.15) is 11.1 Å². The lowest BCUT2D eigenvalue weighted by molar-refractivity contribution is 0.109. The van der Waals surface area contributed by atoms with Crippen LogP contribution < -0.4 is 0 Å². The van der Waals surface area contributed by atoms with Gasteiger partial charge in [-0.1, -0.05) is 0 Å². The van der Waals surface area contributed by atoms with Crippen molar-refractivity contribution in [1.29, 1.82) is 0 Å². The molecule has 2 heterocycles. The number of rotatable bonds is 2. The van der Waals surface area contributed by atoms with Crippen LogP contribution in [0.5, 0.6) is 0 Å². The summed E-state index contributed by atoms with van der Waals surface area (Å²) in [4.78, 5) is 4.25. The lowest BCUT2D eigenvalue weighted by Gasteiger charge is -2.03. The third-order valence-corrected chi connectivity index (χ3v) is 2.82. The van der Waals surface area contributed by atoms with Crippen LogP contribution >= 0.6 is 11.3 Å². The minimum atomic E-state index is 0.0391. The number of hydrogen-bond acceptors (Lipinski definition) is 4. The summed E-state index contributed by atoms with van der Waals surface area (Å²) >= 11 is 1.50. The Kier molecular flexibility index (Phi) is 2.39. The molecule has 1 aliphatic heterocycles. The van der Waals surface area contributed by atoms with Gasteiger partial charge in [0.15, 0.2) is 0 Å². The summed E-state index contributed by atoms with van der Waals surface area (Å²) in [5, 5.41) is 11.6. The van der Waals surface area contributed by atoms with Crippen molar-refractivity contribution in [2.45, 2.75) is 25.6 Å². The zero-order valence-electron chi connectivity index (χ0n) is 6.69. The molecule has 1 atom stereocenters. The zero-order valence-corrected chi connectivity index (χ0v) is 7.51. The molecule has 1 aromatic heterocycles. The third-order valence-electron chi connectivity index (χ3n) is 1.96. The molecule has 0 radical (unpaired) electrons. The van der Waals surface area contributed by atoms with Gasteiger partial charge in [-0.15, -0.1) is 11.3 Å². The van der Waals surface area contributed by atoms with Crippen LogP contribution in [0.3, 0.4) is 0 Å². The molecule has 0 unspecified atom stereocenters. The molecule has 1 N–H and O–H groups in total. The van der Waals surface area contributed by atoms with Gasteiger partial charge in [0.05, 0.1) is 12.3 Å². The lowest BCUT2D eigenvalue weighted by Crippen LogP contribution is -1.96. The van der Waals surface area contributed by atoms with Crippen LogP contribution in [0.25, 0.3) is 0 Å². The second kappa shape index (κ2) is 3.51. The van der Waals surface area contributed by atoms with Crippen molar-refractivity contribution in [2.24, 2.45) is 0 Å². The maximum absolute atomic E-state index is 8.80. The number of hydrogen-bond donors (Lipinski definition) is 1. The molecule has 0 aromatic carbocycles. The van der Waals surface area contributed by atoms with Crippen LogP contribution in [0.15, 0.2) is 5.38 Å². The first-order chi connectivity index (χ1) is 5.90. The molecule has 0 amide bonds. The van der Waals surface area contributed by atoms with E-state index in [0.717, 1.165) is 30.2 Å². The summed E-state index contributed by atoms with van der Waals surface area (Å²) in [6.07, 6.45) is 2.37. The van der Waals surface area contributed by atoms with Crippen LogP contribution in [-0.4, -0.2) is 16.7 Å². The van der Waals surface area contributed by atoms with Gasteiger partial charge in [-0.2, -0.15) is 0 Å². The zero-order chi connectivity index (χ0) is 8.39. The van der Waals surface area contributed by atoms with Gasteiger partial charge in [0, 0.05) is 12.0 Å². The van der Waals surface area contributed by atoms with E-state index in [4.69, 9.17) is 9.84 Å². The number of aliphatic hydroxyl groups is 1. The monoisotopic (exact) mass is 185 g/mol. The molecule has 1 fully saturated rings. The van der Waals surface area contributed by atoms with E-state index < -0.39 is 0 Å². The average molecular weight is 185 g/mol. The van der Waals surface area contributed by atoms with E-state index in [2.05, 4.69) is 4.98 Å². The Labute approximate surface area is 75.0 Å². The van der Waals surface area contributed by atoms with Gasteiger partial charge < -0.3 is 9.84 Å². The standard InChI is InChI=1S/C8H11NO2S/c10-4-8-9-6(5-12-8)7-2-1-3-11-7/h5,7,10H,1-4H2/t7-/m1/s1. The highest BCUT2D eigenvalue weighted by atomic mass is 32.1. The lowest BCUT2D eigenvalue weighted by atomic mass is 10.2. The summed E-state index contributed by atoms with van der Waals surface area (Å²) in [5.41, 5.74) is 0.988. The molecule has 0 bridgehead atoms. The molecule has 0 saturated carbocycles. The van der Waals surface area contributed by atoms with E-state index in [9.17, 15) is 0 Å². The van der Waals surface area contributed by atoms with E-state index in [1.54, 1.807) is 0 Å². The highest BCUT2D eigenvalue weighted by Gasteiger charge is 2.19. The van der Waals surface area contributed by atoms with Crippen molar-refractivity contribution in [2.75, 3.05) is 6.61 Å². The average Bonchev–Trinajstić information content (AvgIpc) is 2.75. The number of ether oxygens (including phenoxy) is 1. The highest BCUT2D eigenvalue weighted by molar-refractivity contribution is 7.09. The number of aliphatic hydroxyl groups excluding tert-OH is 1. The summed E-state index contributed by atoms with van der Waals surface area (Å²) in [5.74, 6) is 0. The minimum Gasteiger partial charge on any atom is -0.389 e. The van der Waals surface area contributed by atoms with E-state index in [0.29, 0.717) is 0 Å². The number of thiazole rings is 1. The summed E-state index contributed by atoms with van der Waals surface area (Å²) < 4.78 is 5.46. The van der Waals surface area contributed by atoms with Crippen LogP contribution in [0.2, 0.25) is 0 Å². The summed E-state index contributed by atoms with van der Waals surface area (Å²) in [7, 11) is 0. The molecule has 12 heavy (non-hydrogen) atoms. The second-order valence-electron chi connectivity index (χ2n) is 2.83. The molecule has 1 aromatic rings. The number of aromatic nitrogens is 1. The predicted molar refractivity (Wildman–Crippen MR) is 46.0 cm³/mol. The molecule has 66 valence electrons. The van der Waals surface area contributed by atoms with Crippen molar-refractivity contribution in [1.82, 2.24) is 4.98 Å². The van der Waals surface area contributed by atoms with Crippen molar-refractivity contribution < 1.29 is 9.84 Å². The molecule has 2 rings (SSSR count). The van der Waals surface area contributed by atoms with Gasteiger partial charge >= 0.3 is 0 Å². The van der Waals surface area contributed by atoms with Crippen LogP contribution in [0.1, 0.15) is 29.6 Å². The Hall–Kier alpha value is -0.450. The molecule has 0 aliphatic carbocycles. The second-order valence-corrected chi connectivity index (χ2v) is 3.77. The first kappa shape index (κ1) is 8.16. The smallest absolute Gasteiger partial charge is 0.118 e. The fourth-order valence-electron chi connectivity index (χ4n) is 1.36. The Balaban J connectivity index is 2.11. The fourth-order valence-corrected chi connectivity index (χ4v) is 2.05. The van der Waals surface area contributed by atoms with E-state index in [-0.39, 0.29) is 12.7 Å². The van der Waals surface area contributed by atoms with Crippen molar-refractivity contribution in [3.8, 4) is 0 Å². The van der Waals surface area contributed by atoms with Crippen molar-refractivity contribution >= 4 is 11.3 Å². The fraction of sp³-hybridized carbons (Fsp3) is 0.625. The molecule has 3 nitrogen and oxygen atoms in total. The first-order valence-corrected chi connectivity index (χ1v) is 4.95. The van der Waals surface area contributed by atoms with E-state index in [1.807, 2.05) is 5.38 Å². The number of nitrogens with zero attached hydrogens (tertiary/aromatic N) is 1. The SMILES string of the molecule is OCc1nc([C@H]2CCCO2)cs1. The first-order valence-electron chi connectivity index (χ1n) is 4.07. The predicted octanol–water partition coefficient (Wildman–Crippen LogP) is 1.49. The Morgan fingerprint density at radius 2 is 2.67 bits per heavy atom. The Bertz CT molecular complexity index is 255. The summed E-state index contributed by atoms with van der Waals surface area (Å²) in [6, 6.07) is 0. The van der Waals surface area contributed by atoms with Gasteiger partial charge in [0.2, 0.25) is 0 Å². The van der Waals surface area contributed by atoms with Crippen LogP contribution in [0, 0.1) is 0 Å². The van der Waals surface area contributed by atoms with Crippen LogP contribution in [-0.2, 0) is 11.3 Å². The van der Waals surface area contributed by atoms with Gasteiger partial charge in [-0.25, -0.2) is 4.98 Å². The minimum absolute atomic E-state index is 0.0391. The maximum Gasteiger partial charge on any atom is 0.118 e. The van der Waals surface area contributed by atoms with Crippen molar-refractivity contribution in [3.05, 3.63) is 16.1 Å². The van der Waals surface area contributed by atoms with E-state index in [1.165, 1.54) is 11.3 Å². The third kappa shape index (κ3) is 1.50. The molecule has 1 aliphatic rings. The normalized spacial score (nSPS) is 23.2. The summed E-state index contributed by atoms with van der Waals surface area (Å²) in [6.45, 7) is 0.883. The quantitative estimate of drug-likeness (QED) is 0.759. The molecule has 1 saturated heterocycles. The van der Waals surface area contributed by atoms with Gasteiger partial charge in [-0.3, -0.25) is 0 Å². The van der Waals surface area contributed by atoms with Gasteiger partial charge in [-0.05, 0) is 12.8 Å². The molecule has 4 heteroatoms. The van der Waals surface area contributed by atoms with E-state index >= 15 is 0 Å².